The molecule has 0 spiro atoms. The molecule has 0 atom stereocenters. The van der Waals surface area contributed by atoms with Crippen molar-refractivity contribution in [2.45, 2.75) is 6.92 Å². The third-order valence-electron chi connectivity index (χ3n) is 3.77. The maximum Gasteiger partial charge on any atom is 0.375 e. The number of nitro benzene ring substituents is 1. The van der Waals surface area contributed by atoms with E-state index in [-0.39, 0.29) is 40.1 Å². The van der Waals surface area contributed by atoms with Gasteiger partial charge in [0.15, 0.2) is 0 Å². The molecule has 0 unspecified atom stereocenters. The van der Waals surface area contributed by atoms with Crippen LogP contribution < -0.4 is 5.43 Å². The summed E-state index contributed by atoms with van der Waals surface area (Å²) in [4.78, 5) is 35.7. The first-order chi connectivity index (χ1) is 12.8. The van der Waals surface area contributed by atoms with E-state index in [1.807, 2.05) is 0 Å². The number of hydrogen-bond acceptors (Lipinski definition) is 8. The fraction of sp³-hybridized carbons (Fsp3) is 0.111. The van der Waals surface area contributed by atoms with Crippen LogP contribution in [0.5, 0.6) is 11.5 Å². The number of fused-ring (bicyclic) bond motifs is 1. The highest BCUT2D eigenvalue weighted by Crippen LogP contribution is 2.33. The Morgan fingerprint density at radius 1 is 1.26 bits per heavy atom. The second-order valence-corrected chi connectivity index (χ2v) is 5.50. The largest absolute Gasteiger partial charge is 0.508 e. The van der Waals surface area contributed by atoms with E-state index in [2.05, 4.69) is 0 Å². The third-order valence-corrected chi connectivity index (χ3v) is 3.77. The molecule has 1 heterocycles. The van der Waals surface area contributed by atoms with Crippen molar-refractivity contribution in [2.75, 3.05) is 6.61 Å². The van der Waals surface area contributed by atoms with E-state index in [9.17, 15) is 29.9 Å². The number of phenols is 2. The van der Waals surface area contributed by atoms with Gasteiger partial charge in [0.05, 0.1) is 17.1 Å². The van der Waals surface area contributed by atoms with E-state index in [0.29, 0.717) is 0 Å². The lowest BCUT2D eigenvalue weighted by Crippen LogP contribution is -2.15. The number of aromatic hydroxyl groups is 2. The van der Waals surface area contributed by atoms with Crippen molar-refractivity contribution in [3.63, 3.8) is 0 Å². The molecule has 0 saturated carbocycles. The van der Waals surface area contributed by atoms with E-state index in [1.54, 1.807) is 6.92 Å². The van der Waals surface area contributed by atoms with Crippen molar-refractivity contribution in [1.29, 1.82) is 0 Å². The van der Waals surface area contributed by atoms with Crippen LogP contribution in [0.2, 0.25) is 0 Å². The van der Waals surface area contributed by atoms with Crippen LogP contribution >= 0.6 is 0 Å². The van der Waals surface area contributed by atoms with Gasteiger partial charge >= 0.3 is 5.97 Å². The van der Waals surface area contributed by atoms with Gasteiger partial charge in [-0.2, -0.15) is 0 Å². The third kappa shape index (κ3) is 3.17. The number of non-ortho nitro benzene ring substituents is 1. The number of nitro groups is 1. The number of carbonyl (C=O) groups is 1. The molecule has 9 nitrogen and oxygen atoms in total. The second-order valence-electron chi connectivity index (χ2n) is 5.50. The minimum atomic E-state index is -0.958. The lowest BCUT2D eigenvalue weighted by atomic mass is 10.0. The van der Waals surface area contributed by atoms with E-state index >= 15 is 0 Å². The van der Waals surface area contributed by atoms with Gasteiger partial charge in [0.2, 0.25) is 11.2 Å². The molecule has 9 heteroatoms. The molecule has 0 saturated heterocycles. The van der Waals surface area contributed by atoms with Crippen LogP contribution in [0.25, 0.3) is 22.1 Å². The molecule has 27 heavy (non-hydrogen) atoms. The molecule has 1 aromatic heterocycles. The number of ether oxygens (including phenoxy) is 1. The summed E-state index contributed by atoms with van der Waals surface area (Å²) in [5.74, 6) is -2.37. The molecule has 0 aliphatic carbocycles. The highest BCUT2D eigenvalue weighted by Gasteiger charge is 2.25. The van der Waals surface area contributed by atoms with Gasteiger partial charge in [0.1, 0.15) is 22.5 Å². The molecule has 0 aliphatic rings. The minimum absolute atomic E-state index is 0.000246. The topological polar surface area (TPSA) is 140 Å². The summed E-state index contributed by atoms with van der Waals surface area (Å²) in [6.45, 7) is 1.56. The van der Waals surface area contributed by atoms with Gasteiger partial charge in [-0.25, -0.2) is 4.79 Å². The standard InChI is InChI=1S/C18H13NO8/c1-2-26-18(23)17-14(9-4-3-5-10(6-9)19(24)25)16(22)15-12(21)7-11(20)8-13(15)27-17/h3-8,20-21H,2H2,1H3. The van der Waals surface area contributed by atoms with Crippen molar-refractivity contribution in [3.8, 4) is 22.6 Å². The number of hydrogen-bond donors (Lipinski definition) is 2. The summed E-state index contributed by atoms with van der Waals surface area (Å²) < 4.78 is 10.3. The number of nitrogens with zero attached hydrogens (tertiary/aromatic N) is 1. The summed E-state index contributed by atoms with van der Waals surface area (Å²) in [6.07, 6.45) is 0. The fourth-order valence-corrected chi connectivity index (χ4v) is 2.66. The lowest BCUT2D eigenvalue weighted by molar-refractivity contribution is -0.384. The average molecular weight is 371 g/mol. The zero-order valence-electron chi connectivity index (χ0n) is 14.0. The molecule has 3 aromatic rings. The monoisotopic (exact) mass is 371 g/mol. The van der Waals surface area contributed by atoms with E-state index < -0.39 is 27.8 Å². The first kappa shape index (κ1) is 17.9. The maximum atomic E-state index is 13.0. The van der Waals surface area contributed by atoms with Gasteiger partial charge in [0.25, 0.3) is 5.69 Å². The first-order valence-electron chi connectivity index (χ1n) is 7.78. The molecule has 2 N–H and O–H groups in total. The normalized spacial score (nSPS) is 10.7. The molecule has 0 amide bonds. The number of phenolic OH excluding ortho intramolecular Hbond substituents is 2. The highest BCUT2D eigenvalue weighted by molar-refractivity contribution is 5.99. The zero-order chi connectivity index (χ0) is 19.7. The van der Waals surface area contributed by atoms with E-state index in [1.165, 1.54) is 18.2 Å². The van der Waals surface area contributed by atoms with Gasteiger partial charge in [-0.15, -0.1) is 0 Å². The number of rotatable bonds is 4. The number of esters is 1. The molecule has 0 aliphatic heterocycles. The predicted octanol–water partition coefficient (Wildman–Crippen LogP) is 2.96. The van der Waals surface area contributed by atoms with Crippen LogP contribution in [0.1, 0.15) is 17.5 Å². The summed E-state index contributed by atoms with van der Waals surface area (Å²) >= 11 is 0. The smallest absolute Gasteiger partial charge is 0.375 e. The molecule has 3 rings (SSSR count). The van der Waals surface area contributed by atoms with E-state index in [4.69, 9.17) is 9.15 Å². The molecular formula is C18H13NO8. The summed E-state index contributed by atoms with van der Waals surface area (Å²) in [5, 5.41) is 30.4. The van der Waals surface area contributed by atoms with Gasteiger partial charge in [-0.1, -0.05) is 12.1 Å². The van der Waals surface area contributed by atoms with Crippen LogP contribution in [-0.4, -0.2) is 27.7 Å². The van der Waals surface area contributed by atoms with Gasteiger partial charge in [-0.05, 0) is 12.5 Å². The van der Waals surface area contributed by atoms with Crippen LogP contribution in [0.4, 0.5) is 5.69 Å². The Labute approximate surface area is 151 Å². The summed E-state index contributed by atoms with van der Waals surface area (Å²) in [5.41, 5.74) is -1.55. The Morgan fingerprint density at radius 3 is 2.67 bits per heavy atom. The lowest BCUT2D eigenvalue weighted by Gasteiger charge is -2.10. The summed E-state index contributed by atoms with van der Waals surface area (Å²) in [7, 11) is 0. The van der Waals surface area contributed by atoms with Crippen LogP contribution in [-0.2, 0) is 4.74 Å². The van der Waals surface area contributed by atoms with E-state index in [0.717, 1.165) is 18.2 Å². The van der Waals surface area contributed by atoms with Crippen molar-refractivity contribution < 1.29 is 29.1 Å². The number of carbonyl (C=O) groups excluding carboxylic acids is 1. The Bertz CT molecular complexity index is 1130. The van der Waals surface area contributed by atoms with Gasteiger partial charge < -0.3 is 19.4 Å². The molecular weight excluding hydrogens is 358 g/mol. The molecule has 138 valence electrons. The summed E-state index contributed by atoms with van der Waals surface area (Å²) in [6, 6.07) is 7.09. The SMILES string of the molecule is CCOC(=O)c1oc2cc(O)cc(O)c2c(=O)c1-c1cccc([N+](=O)[O-])c1. The predicted molar refractivity (Wildman–Crippen MR) is 93.9 cm³/mol. The van der Waals surface area contributed by atoms with Crippen molar-refractivity contribution in [2.24, 2.45) is 0 Å². The molecule has 0 radical (unpaired) electrons. The quantitative estimate of drug-likeness (QED) is 0.405. The van der Waals surface area contributed by atoms with Crippen molar-refractivity contribution in [1.82, 2.24) is 0 Å². The van der Waals surface area contributed by atoms with Crippen LogP contribution in [0.15, 0.2) is 45.6 Å². The molecule has 0 fully saturated rings. The zero-order valence-corrected chi connectivity index (χ0v) is 14.0. The maximum absolute atomic E-state index is 13.0. The Hall–Kier alpha value is -3.88. The molecule has 2 aromatic carbocycles. The first-order valence-corrected chi connectivity index (χ1v) is 7.78. The second kappa shape index (κ2) is 6.79. The average Bonchev–Trinajstić information content (AvgIpc) is 2.61. The van der Waals surface area contributed by atoms with Crippen molar-refractivity contribution in [3.05, 3.63) is 62.5 Å². The number of benzene rings is 2. The van der Waals surface area contributed by atoms with Crippen LogP contribution in [0.3, 0.4) is 0 Å². The minimum Gasteiger partial charge on any atom is -0.508 e. The Morgan fingerprint density at radius 2 is 2.00 bits per heavy atom. The Kier molecular flexibility index (Phi) is 4.51. The fourth-order valence-electron chi connectivity index (χ4n) is 2.66. The van der Waals surface area contributed by atoms with Gasteiger partial charge in [0, 0.05) is 24.3 Å². The molecule has 0 bridgehead atoms. The van der Waals surface area contributed by atoms with Gasteiger partial charge in [-0.3, -0.25) is 14.9 Å². The van der Waals surface area contributed by atoms with Crippen molar-refractivity contribution >= 4 is 22.6 Å². The Balaban J connectivity index is 2.42. The van der Waals surface area contributed by atoms with Crippen LogP contribution in [0, 0.1) is 10.1 Å². The highest BCUT2D eigenvalue weighted by atomic mass is 16.6.